The van der Waals surface area contributed by atoms with Crippen molar-refractivity contribution in [3.8, 4) is 0 Å². The molecular weight excluding hydrogens is 1010 g/mol. The maximum Gasteiger partial charge on any atom is 0.246 e. The molecule has 0 spiro atoms. The van der Waals surface area contributed by atoms with Gasteiger partial charge in [-0.2, -0.15) is 0 Å². The number of rotatable bonds is 39. The smallest absolute Gasteiger partial charge is 0.246 e. The number of likely N-dealkylation sites (tertiary alicyclic amines) is 1. The number of unbranched alkanes of at least 4 members (excludes halogenated alkanes) is 7. The van der Waals surface area contributed by atoms with E-state index in [9.17, 15) is 47.9 Å². The molecule has 21 nitrogen and oxygen atoms in total. The molecule has 0 bridgehead atoms. The van der Waals surface area contributed by atoms with Gasteiger partial charge >= 0.3 is 0 Å². The largest absolute Gasteiger partial charge is 0.355 e. The molecule has 1 heterocycles. The first kappa shape index (κ1) is 71.7. The minimum Gasteiger partial charge on any atom is -0.355 e. The van der Waals surface area contributed by atoms with Gasteiger partial charge in [-0.05, 0) is 118 Å². The summed E-state index contributed by atoms with van der Waals surface area (Å²) >= 11 is 0. The van der Waals surface area contributed by atoms with E-state index in [1.165, 1.54) is 46.4 Å². The highest BCUT2D eigenvalue weighted by atomic mass is 16.2. The molecule has 5 atom stereocenters. The lowest BCUT2D eigenvalue weighted by atomic mass is 9.96. The van der Waals surface area contributed by atoms with Crippen LogP contribution < -0.4 is 42.5 Å². The van der Waals surface area contributed by atoms with E-state index in [1.807, 2.05) is 60.5 Å². The quantitative estimate of drug-likeness (QED) is 0.0312. The zero-order valence-electron chi connectivity index (χ0n) is 51.5. The standard InChI is InChI=1S/C58H107N11O10/c1-17-19-21-22-23-25-27-45(69(38-70)47-28-26-33-68(47)48(72)29-24-20-18-2)52(76)62-44(37-41(7)8)51(75)64-57(11,12)54(78)63-42(35-39(3)4)49(73)61-43(36-40(5)6)50(74)65-58(13,14)55(79)66-56(9,10)53(77)60-31-30-46(71)59-32-34-67(15)16/h38-45,47H,17-37H2,1-16H3,(H,59,71)(H,60,77)(H,61,73)(H,62,76)(H,63,78)(H,64,75)(H,65,74)(H,66,79)/t42-,43-,44-,45-,47+/m0/s1. The number of nitrogens with one attached hydrogen (secondary N) is 8. The molecule has 8 N–H and O–H groups in total. The summed E-state index contributed by atoms with van der Waals surface area (Å²) in [6.07, 6.45) is 10.9. The molecule has 10 amide bonds. The lowest BCUT2D eigenvalue weighted by molar-refractivity contribution is -0.146. The number of hydrogen-bond acceptors (Lipinski definition) is 11. The number of carbonyl (C=O) groups is 10. The van der Waals surface area contributed by atoms with E-state index in [1.54, 1.807) is 4.90 Å². The number of likely N-dealkylation sites (N-methyl/N-ethyl adjacent to an activating group) is 1. The van der Waals surface area contributed by atoms with Crippen LogP contribution in [0.2, 0.25) is 0 Å². The molecule has 0 aromatic rings. The fourth-order valence-corrected chi connectivity index (χ4v) is 9.31. The predicted octanol–water partition coefficient (Wildman–Crippen LogP) is 4.55. The molecule has 0 unspecified atom stereocenters. The minimum absolute atomic E-state index is 0.0408. The summed E-state index contributed by atoms with van der Waals surface area (Å²) in [5.74, 6) is -5.01. The summed E-state index contributed by atoms with van der Waals surface area (Å²) in [5, 5.41) is 22.2. The third-order valence-corrected chi connectivity index (χ3v) is 14.0. The van der Waals surface area contributed by atoms with Gasteiger partial charge in [0.25, 0.3) is 0 Å². The molecule has 0 aromatic carbocycles. The molecule has 79 heavy (non-hydrogen) atoms. The van der Waals surface area contributed by atoms with Crippen molar-refractivity contribution in [2.45, 2.75) is 253 Å². The van der Waals surface area contributed by atoms with Crippen molar-refractivity contribution in [1.29, 1.82) is 0 Å². The van der Waals surface area contributed by atoms with Crippen molar-refractivity contribution in [2.75, 3.05) is 40.3 Å². The molecule has 0 aromatic heterocycles. The highest BCUT2D eigenvalue weighted by Crippen LogP contribution is 2.26. The number of hydrogen-bond donors (Lipinski definition) is 8. The lowest BCUT2D eigenvalue weighted by Gasteiger charge is -2.38. The molecule has 0 aliphatic carbocycles. The van der Waals surface area contributed by atoms with Crippen LogP contribution in [-0.2, 0) is 47.9 Å². The van der Waals surface area contributed by atoms with Gasteiger partial charge in [-0.3, -0.25) is 47.9 Å². The molecule has 454 valence electrons. The predicted molar refractivity (Wildman–Crippen MR) is 309 cm³/mol. The highest BCUT2D eigenvalue weighted by Gasteiger charge is 2.42. The number of nitrogens with zero attached hydrogens (tertiary/aromatic N) is 3. The summed E-state index contributed by atoms with van der Waals surface area (Å²) in [5.41, 5.74) is -4.64. The first-order valence-corrected chi connectivity index (χ1v) is 29.4. The highest BCUT2D eigenvalue weighted by molar-refractivity contribution is 5.99. The van der Waals surface area contributed by atoms with Gasteiger partial charge in [-0.1, -0.05) is 107 Å². The van der Waals surface area contributed by atoms with Crippen molar-refractivity contribution < 1.29 is 47.9 Å². The Labute approximate surface area is 474 Å². The average molecular weight is 1120 g/mol. The molecule has 0 saturated carbocycles. The van der Waals surface area contributed by atoms with Crippen LogP contribution in [0, 0.1) is 17.8 Å². The van der Waals surface area contributed by atoms with Gasteiger partial charge < -0.3 is 57.2 Å². The van der Waals surface area contributed by atoms with Crippen LogP contribution in [0.4, 0.5) is 0 Å². The summed E-state index contributed by atoms with van der Waals surface area (Å²) in [6.45, 7) is 26.0. The van der Waals surface area contributed by atoms with Gasteiger partial charge in [0.15, 0.2) is 0 Å². The van der Waals surface area contributed by atoms with Crippen LogP contribution >= 0.6 is 0 Å². The lowest BCUT2D eigenvalue weighted by Crippen LogP contribution is -2.65. The topological polar surface area (TPSA) is 277 Å². The zero-order valence-corrected chi connectivity index (χ0v) is 51.5. The SMILES string of the molecule is CCCCCCCC[C@@H](C(=O)N[C@@H](CC(C)C)C(=O)NC(C)(C)C(=O)N[C@@H](CC(C)C)C(=O)N[C@@H](CC(C)C)C(=O)NC(C)(C)C(=O)NC(C)(C)C(=O)NCCC(=O)NCCN(C)C)N(C=O)[C@@H]1CCCN1C(=O)CCCCC. The Kier molecular flexibility index (Phi) is 32.1. The van der Waals surface area contributed by atoms with E-state index in [0.29, 0.717) is 58.1 Å². The zero-order chi connectivity index (χ0) is 60.3. The Bertz CT molecular complexity index is 1970. The van der Waals surface area contributed by atoms with Crippen molar-refractivity contribution in [3.05, 3.63) is 0 Å². The van der Waals surface area contributed by atoms with E-state index in [4.69, 9.17) is 0 Å². The molecular formula is C58H107N11O10. The average Bonchev–Trinajstić information content (AvgIpc) is 3.83. The maximum absolute atomic E-state index is 14.6. The normalized spacial score (nSPS) is 15.4. The molecule has 21 heteroatoms. The van der Waals surface area contributed by atoms with Crippen LogP contribution in [0.3, 0.4) is 0 Å². The third-order valence-electron chi connectivity index (χ3n) is 14.0. The third kappa shape index (κ3) is 26.7. The van der Waals surface area contributed by atoms with Crippen molar-refractivity contribution in [3.63, 3.8) is 0 Å². The molecule has 1 fully saturated rings. The Hall–Kier alpha value is -5.34. The van der Waals surface area contributed by atoms with Gasteiger partial charge in [0.05, 0.1) is 0 Å². The second-order valence-electron chi connectivity index (χ2n) is 24.8. The maximum atomic E-state index is 14.6. The van der Waals surface area contributed by atoms with Crippen molar-refractivity contribution >= 4 is 59.6 Å². The molecule has 1 rings (SSSR count). The second-order valence-corrected chi connectivity index (χ2v) is 24.8. The number of amides is 10. The van der Waals surface area contributed by atoms with Crippen molar-refractivity contribution in [1.82, 2.24) is 57.2 Å². The van der Waals surface area contributed by atoms with Crippen LogP contribution in [0.25, 0.3) is 0 Å². The van der Waals surface area contributed by atoms with Gasteiger partial charge in [-0.15, -0.1) is 0 Å². The van der Waals surface area contributed by atoms with Gasteiger partial charge in [0.1, 0.15) is 46.9 Å². The van der Waals surface area contributed by atoms with Crippen LogP contribution in [-0.4, -0.2) is 161 Å². The van der Waals surface area contributed by atoms with Crippen LogP contribution in [0.5, 0.6) is 0 Å². The Morgan fingerprint density at radius 3 is 1.56 bits per heavy atom. The summed E-state index contributed by atoms with van der Waals surface area (Å²) in [6, 6.07) is -4.39. The van der Waals surface area contributed by atoms with E-state index >= 15 is 0 Å². The van der Waals surface area contributed by atoms with E-state index in [-0.39, 0.29) is 61.8 Å². The number of carbonyl (C=O) groups excluding carboxylic acids is 10. The molecule has 1 aliphatic rings. The second kappa shape index (κ2) is 35.4. The van der Waals surface area contributed by atoms with E-state index < -0.39 is 88.3 Å². The molecule has 1 saturated heterocycles. The van der Waals surface area contributed by atoms with Crippen LogP contribution in [0.1, 0.15) is 206 Å². The summed E-state index contributed by atoms with van der Waals surface area (Å²) in [4.78, 5) is 142. The summed E-state index contributed by atoms with van der Waals surface area (Å²) in [7, 11) is 3.78. The Morgan fingerprint density at radius 2 is 1.04 bits per heavy atom. The van der Waals surface area contributed by atoms with Gasteiger partial charge in [0, 0.05) is 39.0 Å². The fourth-order valence-electron chi connectivity index (χ4n) is 9.31. The summed E-state index contributed by atoms with van der Waals surface area (Å²) < 4.78 is 0. The van der Waals surface area contributed by atoms with Crippen molar-refractivity contribution in [2.24, 2.45) is 17.8 Å². The first-order chi connectivity index (χ1) is 36.8. The van der Waals surface area contributed by atoms with E-state index in [0.717, 1.165) is 51.4 Å². The minimum atomic E-state index is -1.63. The van der Waals surface area contributed by atoms with Gasteiger partial charge in [-0.25, -0.2) is 0 Å². The monoisotopic (exact) mass is 1120 g/mol. The van der Waals surface area contributed by atoms with Crippen LogP contribution in [0.15, 0.2) is 0 Å². The Morgan fingerprint density at radius 1 is 0.557 bits per heavy atom. The first-order valence-electron chi connectivity index (χ1n) is 29.4. The fraction of sp³-hybridized carbons (Fsp3) is 0.828. The van der Waals surface area contributed by atoms with Gasteiger partial charge in [0.2, 0.25) is 59.6 Å². The Balaban J connectivity index is 3.31. The molecule has 0 radical (unpaired) electrons. The van der Waals surface area contributed by atoms with E-state index in [2.05, 4.69) is 56.4 Å². The molecule has 1 aliphatic heterocycles.